The molecule has 92 valence electrons. The van der Waals surface area contributed by atoms with E-state index in [2.05, 4.69) is 5.32 Å². The van der Waals surface area contributed by atoms with E-state index >= 15 is 0 Å². The number of carboxylic acids is 1. The lowest BCUT2D eigenvalue weighted by Crippen LogP contribution is -2.31. The van der Waals surface area contributed by atoms with Crippen molar-refractivity contribution in [2.45, 2.75) is 13.8 Å². The van der Waals surface area contributed by atoms with Crippen LogP contribution in [-0.2, 0) is 4.79 Å². The van der Waals surface area contributed by atoms with Gasteiger partial charge < -0.3 is 10.4 Å². The number of hydrogen-bond acceptors (Lipinski definition) is 4. The molecule has 0 atom stereocenters. The fraction of sp³-hybridized carbons (Fsp3) is 0.308. The number of hydrogen-bond donors (Lipinski definition) is 2. The normalized spacial score (nSPS) is 10.2. The summed E-state index contributed by atoms with van der Waals surface area (Å²) < 4.78 is 0. The zero-order valence-electron chi connectivity index (χ0n) is 10.2. The Kier molecular flexibility index (Phi) is 3.91. The molecule has 0 unspecified atom stereocenters. The molecule has 1 aromatic carbocycles. The van der Waals surface area contributed by atoms with E-state index in [-0.39, 0.29) is 12.1 Å². The number of benzene rings is 1. The fourth-order valence-corrected chi connectivity index (χ4v) is 1.24. The Morgan fingerprint density at radius 1 is 1.33 bits per heavy atom. The highest BCUT2D eigenvalue weighted by molar-refractivity contribution is 5.74. The van der Waals surface area contributed by atoms with E-state index in [4.69, 9.17) is 15.6 Å². The van der Waals surface area contributed by atoms with Crippen LogP contribution in [0, 0.1) is 28.1 Å². The molecule has 0 saturated carbocycles. The van der Waals surface area contributed by atoms with Crippen LogP contribution in [0.1, 0.15) is 25.0 Å². The standard InChI is InChI=1S/C13H13N3O2/c1-13(2,12(17)18)8-16-11-4-3-9(6-14)10(5-11)7-15/h3-5,16H,8H2,1-2H3,(H,17,18). The maximum atomic E-state index is 10.9. The van der Waals surface area contributed by atoms with Crippen molar-refractivity contribution in [1.82, 2.24) is 0 Å². The third-order valence-electron chi connectivity index (χ3n) is 2.57. The molecule has 0 amide bonds. The number of nitrogens with zero attached hydrogens (tertiary/aromatic N) is 2. The minimum Gasteiger partial charge on any atom is -0.481 e. The van der Waals surface area contributed by atoms with Gasteiger partial charge in [-0.25, -0.2) is 0 Å². The van der Waals surface area contributed by atoms with Gasteiger partial charge in [0.05, 0.1) is 16.5 Å². The average Bonchev–Trinajstić information content (AvgIpc) is 2.35. The van der Waals surface area contributed by atoms with Gasteiger partial charge >= 0.3 is 5.97 Å². The second-order valence-corrected chi connectivity index (χ2v) is 4.53. The number of carbonyl (C=O) groups is 1. The van der Waals surface area contributed by atoms with E-state index in [9.17, 15) is 4.79 Å². The van der Waals surface area contributed by atoms with E-state index < -0.39 is 11.4 Å². The zero-order chi connectivity index (χ0) is 13.8. The van der Waals surface area contributed by atoms with Crippen molar-refractivity contribution in [3.63, 3.8) is 0 Å². The molecular formula is C13H13N3O2. The largest absolute Gasteiger partial charge is 0.481 e. The molecule has 0 spiro atoms. The molecule has 0 aliphatic carbocycles. The second-order valence-electron chi connectivity index (χ2n) is 4.53. The van der Waals surface area contributed by atoms with Crippen LogP contribution < -0.4 is 5.32 Å². The van der Waals surface area contributed by atoms with E-state index in [1.54, 1.807) is 19.9 Å². The van der Waals surface area contributed by atoms with Gasteiger partial charge in [-0.2, -0.15) is 10.5 Å². The summed E-state index contributed by atoms with van der Waals surface area (Å²) in [5, 5.41) is 29.6. The average molecular weight is 243 g/mol. The zero-order valence-corrected chi connectivity index (χ0v) is 10.2. The van der Waals surface area contributed by atoms with E-state index in [1.807, 2.05) is 12.1 Å². The molecule has 0 aromatic heterocycles. The molecule has 2 N–H and O–H groups in total. The Morgan fingerprint density at radius 2 is 1.94 bits per heavy atom. The molecule has 5 nitrogen and oxygen atoms in total. The number of nitrogens with one attached hydrogen (secondary N) is 1. The fourth-order valence-electron chi connectivity index (χ4n) is 1.24. The van der Waals surface area contributed by atoms with Gasteiger partial charge in [0.2, 0.25) is 0 Å². The maximum Gasteiger partial charge on any atom is 0.310 e. The minimum absolute atomic E-state index is 0.235. The van der Waals surface area contributed by atoms with Crippen LogP contribution in [0.4, 0.5) is 5.69 Å². The second kappa shape index (κ2) is 5.20. The van der Waals surface area contributed by atoms with Crippen molar-refractivity contribution in [2.75, 3.05) is 11.9 Å². The molecule has 18 heavy (non-hydrogen) atoms. The first kappa shape index (κ1) is 13.5. The molecule has 0 radical (unpaired) electrons. The molecule has 1 rings (SSSR count). The summed E-state index contributed by atoms with van der Waals surface area (Å²) >= 11 is 0. The third-order valence-corrected chi connectivity index (χ3v) is 2.57. The molecule has 0 bridgehead atoms. The lowest BCUT2D eigenvalue weighted by Gasteiger charge is -2.20. The van der Waals surface area contributed by atoms with Crippen LogP contribution in [0.15, 0.2) is 18.2 Å². The lowest BCUT2D eigenvalue weighted by molar-refractivity contribution is -0.146. The van der Waals surface area contributed by atoms with Gasteiger partial charge in [-0.3, -0.25) is 4.79 Å². The highest BCUT2D eigenvalue weighted by atomic mass is 16.4. The number of rotatable bonds is 4. The van der Waals surface area contributed by atoms with Gasteiger partial charge in [0, 0.05) is 12.2 Å². The summed E-state index contributed by atoms with van der Waals surface area (Å²) in [5.74, 6) is -0.899. The number of aliphatic carboxylic acids is 1. The topological polar surface area (TPSA) is 96.9 Å². The van der Waals surface area contributed by atoms with Crippen LogP contribution in [0.5, 0.6) is 0 Å². The predicted octanol–water partition coefficient (Wildman–Crippen LogP) is 1.95. The maximum absolute atomic E-state index is 10.9. The molecule has 0 aliphatic rings. The molecule has 0 saturated heterocycles. The molecular weight excluding hydrogens is 230 g/mol. The van der Waals surface area contributed by atoms with Crippen LogP contribution in [0.25, 0.3) is 0 Å². The van der Waals surface area contributed by atoms with Crippen molar-refractivity contribution in [2.24, 2.45) is 5.41 Å². The van der Waals surface area contributed by atoms with Gasteiger partial charge in [-0.1, -0.05) is 0 Å². The molecule has 0 heterocycles. The first-order valence-corrected chi connectivity index (χ1v) is 5.32. The minimum atomic E-state index is -0.902. The van der Waals surface area contributed by atoms with Crippen LogP contribution in [0.2, 0.25) is 0 Å². The van der Waals surface area contributed by atoms with E-state index in [0.29, 0.717) is 11.3 Å². The smallest absolute Gasteiger partial charge is 0.310 e. The van der Waals surface area contributed by atoms with Crippen molar-refractivity contribution in [3.8, 4) is 12.1 Å². The first-order chi connectivity index (χ1) is 8.40. The van der Waals surface area contributed by atoms with Crippen LogP contribution >= 0.6 is 0 Å². The molecule has 1 aromatic rings. The highest BCUT2D eigenvalue weighted by Gasteiger charge is 2.26. The SMILES string of the molecule is CC(C)(CNc1ccc(C#N)c(C#N)c1)C(=O)O. The van der Waals surface area contributed by atoms with Crippen molar-refractivity contribution in [1.29, 1.82) is 10.5 Å². The third kappa shape index (κ3) is 2.99. The van der Waals surface area contributed by atoms with E-state index in [1.165, 1.54) is 12.1 Å². The Labute approximate surface area is 105 Å². The lowest BCUT2D eigenvalue weighted by atomic mass is 9.94. The number of anilines is 1. The molecule has 5 heteroatoms. The van der Waals surface area contributed by atoms with Gasteiger partial charge in [0.1, 0.15) is 12.1 Å². The Bertz CT molecular complexity index is 550. The molecule has 0 aliphatic heterocycles. The Hall–Kier alpha value is -2.53. The first-order valence-electron chi connectivity index (χ1n) is 5.32. The summed E-state index contributed by atoms with van der Waals surface area (Å²) in [7, 11) is 0. The van der Waals surface area contributed by atoms with Gasteiger partial charge in [-0.15, -0.1) is 0 Å². The number of carboxylic acid groups (broad SMARTS) is 1. The quantitative estimate of drug-likeness (QED) is 0.842. The molecule has 0 fully saturated rings. The van der Waals surface area contributed by atoms with Gasteiger partial charge in [0.25, 0.3) is 0 Å². The van der Waals surface area contributed by atoms with E-state index in [0.717, 1.165) is 0 Å². The summed E-state index contributed by atoms with van der Waals surface area (Å²) in [6, 6.07) is 8.57. The summed E-state index contributed by atoms with van der Waals surface area (Å²) in [4.78, 5) is 10.9. The summed E-state index contributed by atoms with van der Waals surface area (Å²) in [6.45, 7) is 3.45. The number of nitriles is 2. The Balaban J connectivity index is 2.86. The van der Waals surface area contributed by atoms with Crippen molar-refractivity contribution >= 4 is 11.7 Å². The van der Waals surface area contributed by atoms with Gasteiger partial charge in [-0.05, 0) is 32.0 Å². The van der Waals surface area contributed by atoms with Crippen LogP contribution in [0.3, 0.4) is 0 Å². The Morgan fingerprint density at radius 3 is 2.44 bits per heavy atom. The summed E-state index contributed by atoms with van der Waals surface area (Å²) in [5.41, 5.74) is 0.303. The highest BCUT2D eigenvalue weighted by Crippen LogP contribution is 2.19. The predicted molar refractivity (Wildman–Crippen MR) is 65.8 cm³/mol. The van der Waals surface area contributed by atoms with Crippen molar-refractivity contribution < 1.29 is 9.90 Å². The summed E-state index contributed by atoms with van der Waals surface area (Å²) in [6.07, 6.45) is 0. The van der Waals surface area contributed by atoms with Crippen molar-refractivity contribution in [3.05, 3.63) is 29.3 Å². The monoisotopic (exact) mass is 243 g/mol. The van der Waals surface area contributed by atoms with Crippen LogP contribution in [-0.4, -0.2) is 17.6 Å². The van der Waals surface area contributed by atoms with Gasteiger partial charge in [0.15, 0.2) is 0 Å².